The molecule has 1 rings (SSSR count). The molecule has 4 nitrogen and oxygen atoms in total. The summed E-state index contributed by atoms with van der Waals surface area (Å²) in [5.74, 6) is 0. The van der Waals surface area contributed by atoms with E-state index in [1.807, 2.05) is 17.5 Å². The molecule has 0 aliphatic rings. The molecule has 0 saturated carbocycles. The lowest BCUT2D eigenvalue weighted by Gasteiger charge is -2.25. The Hall–Kier alpha value is -0.690. The van der Waals surface area contributed by atoms with E-state index >= 15 is 0 Å². The maximum Gasteiger partial charge on any atom is 0.217 e. The molecule has 0 radical (unpaired) electrons. The van der Waals surface area contributed by atoms with E-state index in [9.17, 15) is 13.5 Å². The lowest BCUT2D eigenvalue weighted by atomic mass is 10.1. The van der Waals surface area contributed by atoms with Crippen molar-refractivity contribution in [1.82, 2.24) is 4.72 Å². The highest BCUT2D eigenvalue weighted by Crippen LogP contribution is 2.23. The highest BCUT2D eigenvalue weighted by molar-refractivity contribution is 7.90. The Morgan fingerprint density at radius 1 is 1.56 bits per heavy atom. The molecule has 1 aromatic heterocycles. The summed E-state index contributed by atoms with van der Waals surface area (Å²) >= 11 is 1.46. The topological polar surface area (TPSA) is 66.4 Å². The minimum Gasteiger partial charge on any atom is -0.394 e. The zero-order chi connectivity index (χ0) is 14.0. The van der Waals surface area contributed by atoms with Crippen LogP contribution in [0.4, 0.5) is 0 Å². The molecule has 0 bridgehead atoms. The van der Waals surface area contributed by atoms with Gasteiger partial charge in [0.15, 0.2) is 0 Å². The van der Waals surface area contributed by atoms with Crippen molar-refractivity contribution in [2.45, 2.75) is 31.6 Å². The van der Waals surface area contributed by atoms with E-state index in [0.29, 0.717) is 5.57 Å². The van der Waals surface area contributed by atoms with Crippen molar-refractivity contribution in [2.75, 3.05) is 6.61 Å². The quantitative estimate of drug-likeness (QED) is 0.869. The van der Waals surface area contributed by atoms with E-state index in [4.69, 9.17) is 0 Å². The number of aliphatic hydroxyl groups excluding tert-OH is 1. The van der Waals surface area contributed by atoms with Gasteiger partial charge in [-0.3, -0.25) is 0 Å². The molecule has 1 heterocycles. The first-order chi connectivity index (χ1) is 8.19. The normalized spacial score (nSPS) is 14.4. The highest BCUT2D eigenvalue weighted by atomic mass is 32.2. The molecular weight excluding hydrogens is 270 g/mol. The van der Waals surface area contributed by atoms with Gasteiger partial charge < -0.3 is 5.11 Å². The van der Waals surface area contributed by atoms with E-state index in [1.54, 1.807) is 20.8 Å². The van der Waals surface area contributed by atoms with Crippen molar-refractivity contribution < 1.29 is 13.5 Å². The molecule has 6 heteroatoms. The van der Waals surface area contributed by atoms with Crippen LogP contribution in [0.2, 0.25) is 0 Å². The summed E-state index contributed by atoms with van der Waals surface area (Å²) in [5.41, 5.74) is 0.584. The summed E-state index contributed by atoms with van der Waals surface area (Å²) in [6.07, 6.45) is 0. The van der Waals surface area contributed by atoms with Gasteiger partial charge in [-0.25, -0.2) is 13.1 Å². The highest BCUT2D eigenvalue weighted by Gasteiger charge is 2.32. The number of sulfonamides is 1. The van der Waals surface area contributed by atoms with Crippen LogP contribution < -0.4 is 4.72 Å². The van der Waals surface area contributed by atoms with Gasteiger partial charge in [-0.05, 0) is 37.8 Å². The van der Waals surface area contributed by atoms with E-state index in [2.05, 4.69) is 11.3 Å². The largest absolute Gasteiger partial charge is 0.394 e. The Kier molecular flexibility index (Phi) is 4.72. The summed E-state index contributed by atoms with van der Waals surface area (Å²) in [6, 6.07) is 3.02. The average molecular weight is 289 g/mol. The van der Waals surface area contributed by atoms with Gasteiger partial charge in [-0.1, -0.05) is 12.6 Å². The van der Waals surface area contributed by atoms with Crippen LogP contribution in [0.1, 0.15) is 25.6 Å². The molecule has 102 valence electrons. The molecule has 0 aliphatic carbocycles. The first-order valence-electron chi connectivity index (χ1n) is 5.54. The maximum atomic E-state index is 12.0. The van der Waals surface area contributed by atoms with Crippen molar-refractivity contribution >= 4 is 26.9 Å². The van der Waals surface area contributed by atoms with E-state index in [0.717, 1.165) is 4.88 Å². The zero-order valence-electron chi connectivity index (χ0n) is 10.8. The van der Waals surface area contributed by atoms with Crippen LogP contribution in [0.15, 0.2) is 24.1 Å². The van der Waals surface area contributed by atoms with Gasteiger partial charge in [0.2, 0.25) is 10.0 Å². The van der Waals surface area contributed by atoms with Gasteiger partial charge in [0.25, 0.3) is 0 Å². The lowest BCUT2D eigenvalue weighted by molar-refractivity contribution is 0.279. The van der Waals surface area contributed by atoms with Gasteiger partial charge in [0.05, 0.1) is 17.4 Å². The summed E-state index contributed by atoms with van der Waals surface area (Å²) in [5, 5.41) is 11.2. The predicted octanol–water partition coefficient (Wildman–Crippen LogP) is 1.84. The number of thiophene rings is 1. The van der Waals surface area contributed by atoms with Gasteiger partial charge in [0, 0.05) is 4.88 Å². The molecule has 1 aromatic rings. The standard InChI is InChI=1S/C12H19NO3S2/c1-9(11-6-5-7-17-11)10(8-14)13-18(15,16)12(2,3)4/h5-7,10,13-14H,1,8H2,2-4H3. The molecule has 0 saturated heterocycles. The number of rotatable bonds is 5. The fourth-order valence-electron chi connectivity index (χ4n) is 1.22. The minimum atomic E-state index is -3.51. The Labute approximate surface area is 112 Å². The molecule has 0 aromatic carbocycles. The van der Waals surface area contributed by atoms with Crippen LogP contribution >= 0.6 is 11.3 Å². The van der Waals surface area contributed by atoms with E-state index < -0.39 is 20.8 Å². The molecule has 1 atom stereocenters. The van der Waals surface area contributed by atoms with Gasteiger partial charge in [0.1, 0.15) is 0 Å². The molecule has 0 amide bonds. The second kappa shape index (κ2) is 5.52. The maximum absolute atomic E-state index is 12.0. The number of hydrogen-bond donors (Lipinski definition) is 2. The van der Waals surface area contributed by atoms with Crippen molar-refractivity contribution in [2.24, 2.45) is 0 Å². The predicted molar refractivity (Wildman–Crippen MR) is 76.0 cm³/mol. The number of hydrogen-bond acceptors (Lipinski definition) is 4. The first-order valence-corrected chi connectivity index (χ1v) is 7.90. The Morgan fingerprint density at radius 2 is 2.17 bits per heavy atom. The molecule has 2 N–H and O–H groups in total. The van der Waals surface area contributed by atoms with Crippen LogP contribution in [0, 0.1) is 0 Å². The molecule has 0 fully saturated rings. The van der Waals surface area contributed by atoms with Crippen molar-refractivity contribution in [1.29, 1.82) is 0 Å². The third kappa shape index (κ3) is 3.41. The van der Waals surface area contributed by atoms with E-state index in [-0.39, 0.29) is 6.61 Å². The Bertz CT molecular complexity index is 498. The van der Waals surface area contributed by atoms with Crippen LogP contribution in [-0.2, 0) is 10.0 Å². The average Bonchev–Trinajstić information content (AvgIpc) is 2.76. The third-order valence-corrected chi connectivity index (χ3v) is 5.70. The van der Waals surface area contributed by atoms with Gasteiger partial charge >= 0.3 is 0 Å². The number of aliphatic hydroxyl groups is 1. The summed E-state index contributed by atoms with van der Waals surface area (Å²) in [6.45, 7) is 8.37. The van der Waals surface area contributed by atoms with Crippen LogP contribution in [-0.4, -0.2) is 30.9 Å². The van der Waals surface area contributed by atoms with Crippen LogP contribution in [0.25, 0.3) is 5.57 Å². The fraction of sp³-hybridized carbons (Fsp3) is 0.500. The molecule has 18 heavy (non-hydrogen) atoms. The van der Waals surface area contributed by atoms with Gasteiger partial charge in [-0.15, -0.1) is 11.3 Å². The molecule has 0 aliphatic heterocycles. The monoisotopic (exact) mass is 289 g/mol. The summed E-state index contributed by atoms with van der Waals surface area (Å²) < 4.78 is 25.7. The second-order valence-corrected chi connectivity index (χ2v) is 8.39. The van der Waals surface area contributed by atoms with Crippen LogP contribution in [0.3, 0.4) is 0 Å². The molecule has 0 spiro atoms. The van der Waals surface area contributed by atoms with E-state index in [1.165, 1.54) is 11.3 Å². The second-order valence-electron chi connectivity index (χ2n) is 4.97. The Balaban J connectivity index is 2.91. The first kappa shape index (κ1) is 15.4. The van der Waals surface area contributed by atoms with Crippen molar-refractivity contribution in [3.8, 4) is 0 Å². The smallest absolute Gasteiger partial charge is 0.217 e. The van der Waals surface area contributed by atoms with Crippen LogP contribution in [0.5, 0.6) is 0 Å². The lowest BCUT2D eigenvalue weighted by Crippen LogP contribution is -2.46. The number of nitrogens with one attached hydrogen (secondary N) is 1. The Morgan fingerprint density at radius 3 is 2.56 bits per heavy atom. The SMILES string of the molecule is C=C(c1cccs1)C(CO)NS(=O)(=O)C(C)(C)C. The van der Waals surface area contributed by atoms with Crippen molar-refractivity contribution in [3.05, 3.63) is 29.0 Å². The zero-order valence-corrected chi connectivity index (χ0v) is 12.4. The molecule has 1 unspecified atom stereocenters. The van der Waals surface area contributed by atoms with Crippen molar-refractivity contribution in [3.63, 3.8) is 0 Å². The summed E-state index contributed by atoms with van der Waals surface area (Å²) in [7, 11) is -3.51. The third-order valence-electron chi connectivity index (χ3n) is 2.54. The summed E-state index contributed by atoms with van der Waals surface area (Å²) in [4.78, 5) is 0.866. The minimum absolute atomic E-state index is 0.313. The van der Waals surface area contributed by atoms with Gasteiger partial charge in [-0.2, -0.15) is 0 Å². The molecular formula is C12H19NO3S2. The fourth-order valence-corrected chi connectivity index (χ4v) is 2.92.